The fourth-order valence-electron chi connectivity index (χ4n) is 1.99. The first kappa shape index (κ1) is 16.0. The third-order valence-corrected chi connectivity index (χ3v) is 4.03. The van der Waals surface area contributed by atoms with Crippen molar-refractivity contribution < 1.29 is 9.53 Å². The van der Waals surface area contributed by atoms with Crippen LogP contribution >= 0.6 is 11.3 Å². The molecule has 0 bridgehead atoms. The Bertz CT molecular complexity index is 750. The van der Waals surface area contributed by atoms with Crippen molar-refractivity contribution in [3.63, 3.8) is 0 Å². The molecule has 0 atom stereocenters. The van der Waals surface area contributed by atoms with Gasteiger partial charge in [-0.1, -0.05) is 18.2 Å². The van der Waals surface area contributed by atoms with E-state index < -0.39 is 0 Å². The zero-order valence-electron chi connectivity index (χ0n) is 12.8. The quantitative estimate of drug-likeness (QED) is 0.459. The zero-order valence-corrected chi connectivity index (χ0v) is 13.6. The van der Waals surface area contributed by atoms with Gasteiger partial charge in [-0.3, -0.25) is 4.79 Å². The Morgan fingerprint density at radius 3 is 2.64 bits per heavy atom. The van der Waals surface area contributed by atoms with Crippen molar-refractivity contribution in [1.82, 2.24) is 0 Å². The molecule has 3 nitrogen and oxygen atoms in total. The van der Waals surface area contributed by atoms with Gasteiger partial charge in [0.2, 0.25) is 5.78 Å². The maximum Gasteiger partial charge on any atom is 0.213 e. The molecule has 2 rings (SSSR count). The molecule has 2 aromatic rings. The van der Waals surface area contributed by atoms with Gasteiger partial charge in [-0.25, -0.2) is 0 Å². The average molecular weight is 311 g/mol. The number of aryl methyl sites for hydroxylation is 1. The highest BCUT2D eigenvalue weighted by Crippen LogP contribution is 2.25. The number of thiophene rings is 1. The number of hydrogen-bond acceptors (Lipinski definition) is 4. The van der Waals surface area contributed by atoms with Crippen LogP contribution in [0.1, 0.15) is 34.6 Å². The first-order valence-corrected chi connectivity index (χ1v) is 7.87. The van der Waals surface area contributed by atoms with E-state index in [2.05, 4.69) is 0 Å². The molecule has 0 saturated carbocycles. The number of carbonyl (C=O) groups is 1. The number of hydrogen-bond donors (Lipinski definition) is 0. The van der Waals surface area contributed by atoms with E-state index in [4.69, 9.17) is 4.74 Å². The van der Waals surface area contributed by atoms with Crippen LogP contribution in [0.5, 0.6) is 5.75 Å². The molecule has 112 valence electrons. The lowest BCUT2D eigenvalue weighted by Gasteiger charge is -2.12. The summed E-state index contributed by atoms with van der Waals surface area (Å²) in [6.07, 6.45) is 1.62. The van der Waals surface area contributed by atoms with Gasteiger partial charge >= 0.3 is 0 Å². The topological polar surface area (TPSA) is 50.1 Å². The summed E-state index contributed by atoms with van der Waals surface area (Å²) in [6, 6.07) is 11.3. The molecular formula is C18H17NO2S. The standard InChI is InChI=1S/C18H17NO2S/c1-12(2)21-16-7-5-4-6-14(16)10-15(11-19)17(20)18-13(3)8-9-22-18/h4-10,12H,1-3H3/b15-10+. The van der Waals surface area contributed by atoms with E-state index in [-0.39, 0.29) is 17.5 Å². The van der Waals surface area contributed by atoms with Gasteiger partial charge in [0.15, 0.2) is 0 Å². The molecule has 0 amide bonds. The van der Waals surface area contributed by atoms with Gasteiger partial charge in [-0.2, -0.15) is 5.26 Å². The van der Waals surface area contributed by atoms with Crippen molar-refractivity contribution in [3.8, 4) is 11.8 Å². The van der Waals surface area contributed by atoms with Crippen molar-refractivity contribution in [2.45, 2.75) is 26.9 Å². The number of Topliss-reactive ketones (excluding diaryl/α,β-unsaturated/α-hetero) is 1. The number of carbonyl (C=O) groups excluding carboxylic acids is 1. The van der Waals surface area contributed by atoms with E-state index in [9.17, 15) is 10.1 Å². The van der Waals surface area contributed by atoms with Crippen molar-refractivity contribution >= 4 is 23.2 Å². The van der Waals surface area contributed by atoms with Crippen LogP contribution in [0, 0.1) is 18.3 Å². The van der Waals surface area contributed by atoms with Crippen molar-refractivity contribution in [2.24, 2.45) is 0 Å². The van der Waals surface area contributed by atoms with Crippen LogP contribution in [0.2, 0.25) is 0 Å². The third kappa shape index (κ3) is 3.63. The first-order valence-electron chi connectivity index (χ1n) is 6.99. The summed E-state index contributed by atoms with van der Waals surface area (Å²) in [5.41, 5.74) is 1.74. The Labute approximate surface area is 134 Å². The van der Waals surface area contributed by atoms with Gasteiger partial charge in [0.1, 0.15) is 17.4 Å². The van der Waals surface area contributed by atoms with Crippen LogP contribution in [-0.2, 0) is 0 Å². The lowest BCUT2D eigenvalue weighted by Crippen LogP contribution is -2.07. The Morgan fingerprint density at radius 2 is 2.05 bits per heavy atom. The molecule has 0 aliphatic heterocycles. The van der Waals surface area contributed by atoms with E-state index in [0.717, 1.165) is 11.1 Å². The predicted molar refractivity (Wildman–Crippen MR) is 89.2 cm³/mol. The molecule has 0 aliphatic carbocycles. The minimum atomic E-state index is -0.241. The Balaban J connectivity index is 2.40. The van der Waals surface area contributed by atoms with Gasteiger partial charge in [0.25, 0.3) is 0 Å². The van der Waals surface area contributed by atoms with Crippen LogP contribution in [0.15, 0.2) is 41.3 Å². The van der Waals surface area contributed by atoms with Crippen LogP contribution in [0.3, 0.4) is 0 Å². The molecular weight excluding hydrogens is 294 g/mol. The SMILES string of the molecule is Cc1ccsc1C(=O)/C(C#N)=C/c1ccccc1OC(C)C. The molecule has 0 saturated heterocycles. The maximum atomic E-state index is 12.5. The molecule has 0 unspecified atom stereocenters. The second-order valence-corrected chi connectivity index (χ2v) is 6.05. The third-order valence-electron chi connectivity index (χ3n) is 3.01. The molecule has 0 radical (unpaired) electrons. The molecule has 0 N–H and O–H groups in total. The second-order valence-electron chi connectivity index (χ2n) is 5.14. The second kappa shape index (κ2) is 7.06. The van der Waals surface area contributed by atoms with Gasteiger partial charge in [0, 0.05) is 5.56 Å². The van der Waals surface area contributed by atoms with E-state index in [0.29, 0.717) is 10.6 Å². The minimum absolute atomic E-state index is 0.0235. The Hall–Kier alpha value is -2.38. The lowest BCUT2D eigenvalue weighted by molar-refractivity contribution is 0.104. The van der Waals surface area contributed by atoms with Crippen molar-refractivity contribution in [2.75, 3.05) is 0 Å². The number of ether oxygens (including phenoxy) is 1. The highest BCUT2D eigenvalue weighted by molar-refractivity contribution is 7.12. The summed E-state index contributed by atoms with van der Waals surface area (Å²) in [6.45, 7) is 5.74. The van der Waals surface area contributed by atoms with Crippen molar-refractivity contribution in [3.05, 3.63) is 57.3 Å². The summed E-state index contributed by atoms with van der Waals surface area (Å²) < 4.78 is 5.72. The van der Waals surface area contributed by atoms with Gasteiger partial charge < -0.3 is 4.74 Å². The summed E-state index contributed by atoms with van der Waals surface area (Å²) in [4.78, 5) is 13.1. The summed E-state index contributed by atoms with van der Waals surface area (Å²) >= 11 is 1.35. The smallest absolute Gasteiger partial charge is 0.213 e. The van der Waals surface area contributed by atoms with Gasteiger partial charge in [-0.05, 0) is 49.9 Å². The van der Waals surface area contributed by atoms with Crippen LogP contribution in [-0.4, -0.2) is 11.9 Å². The fourth-order valence-corrected chi connectivity index (χ4v) is 2.87. The van der Waals surface area contributed by atoms with Gasteiger partial charge in [-0.15, -0.1) is 11.3 Å². The molecule has 4 heteroatoms. The number of ketones is 1. The molecule has 1 heterocycles. The highest BCUT2D eigenvalue weighted by atomic mass is 32.1. The number of para-hydroxylation sites is 1. The Kier molecular flexibility index (Phi) is 5.13. The van der Waals surface area contributed by atoms with Crippen LogP contribution in [0.4, 0.5) is 0 Å². The average Bonchev–Trinajstić information content (AvgIpc) is 2.91. The summed E-state index contributed by atoms with van der Waals surface area (Å²) in [7, 11) is 0. The number of nitriles is 1. The predicted octanol–water partition coefficient (Wildman–Crippen LogP) is 4.63. The molecule has 0 spiro atoms. The largest absolute Gasteiger partial charge is 0.490 e. The van der Waals surface area contributed by atoms with Crippen LogP contribution < -0.4 is 4.74 Å². The number of nitrogens with zero attached hydrogens (tertiary/aromatic N) is 1. The molecule has 0 aliphatic rings. The summed E-state index contributed by atoms with van der Waals surface area (Å²) in [5, 5.41) is 11.2. The van der Waals surface area contributed by atoms with Crippen molar-refractivity contribution in [1.29, 1.82) is 5.26 Å². The monoisotopic (exact) mass is 311 g/mol. The highest BCUT2D eigenvalue weighted by Gasteiger charge is 2.16. The molecule has 22 heavy (non-hydrogen) atoms. The molecule has 1 aromatic carbocycles. The number of rotatable bonds is 5. The molecule has 1 aromatic heterocycles. The van der Waals surface area contributed by atoms with Crippen LogP contribution in [0.25, 0.3) is 6.08 Å². The molecule has 0 fully saturated rings. The fraction of sp³-hybridized carbons (Fsp3) is 0.222. The van der Waals surface area contributed by atoms with E-state index in [1.54, 1.807) is 6.08 Å². The summed E-state index contributed by atoms with van der Waals surface area (Å²) in [5.74, 6) is 0.426. The van der Waals surface area contributed by atoms with E-state index in [1.165, 1.54) is 11.3 Å². The van der Waals surface area contributed by atoms with E-state index >= 15 is 0 Å². The maximum absolute atomic E-state index is 12.5. The lowest BCUT2D eigenvalue weighted by atomic mass is 10.0. The minimum Gasteiger partial charge on any atom is -0.490 e. The first-order chi connectivity index (χ1) is 10.5. The number of benzene rings is 1. The van der Waals surface area contributed by atoms with Gasteiger partial charge in [0.05, 0.1) is 11.0 Å². The van der Waals surface area contributed by atoms with E-state index in [1.807, 2.05) is 62.6 Å². The Morgan fingerprint density at radius 1 is 1.32 bits per heavy atom. The normalized spacial score (nSPS) is 11.3. The zero-order chi connectivity index (χ0) is 16.1. The number of allylic oxidation sites excluding steroid dienone is 1.